The Morgan fingerprint density at radius 2 is 1.74 bits per heavy atom. The van der Waals surface area contributed by atoms with Crippen LogP contribution in [0, 0.1) is 0 Å². The van der Waals surface area contributed by atoms with Crippen LogP contribution in [-0.2, 0) is 32.6 Å². The maximum absolute atomic E-state index is 12.8. The predicted octanol–water partition coefficient (Wildman–Crippen LogP) is 1.32. The van der Waals surface area contributed by atoms with Crippen LogP contribution in [0.5, 0.6) is 0 Å². The molecular weight excluding hydrogens is 416 g/mol. The molecule has 0 aliphatic carbocycles. The van der Waals surface area contributed by atoms with Crippen molar-refractivity contribution in [2.75, 3.05) is 25.0 Å². The summed E-state index contributed by atoms with van der Waals surface area (Å²) in [6.45, 7) is 1.46. The molecule has 2 aliphatic rings. The van der Waals surface area contributed by atoms with E-state index >= 15 is 0 Å². The van der Waals surface area contributed by atoms with E-state index in [0.717, 1.165) is 24.0 Å². The summed E-state index contributed by atoms with van der Waals surface area (Å²) >= 11 is 0. The fourth-order valence-electron chi connectivity index (χ4n) is 4.22. The van der Waals surface area contributed by atoms with Gasteiger partial charge in [0.15, 0.2) is 0 Å². The highest BCUT2D eigenvalue weighted by Crippen LogP contribution is 2.25. The Bertz CT molecular complexity index is 1100. The van der Waals surface area contributed by atoms with E-state index in [1.807, 2.05) is 24.3 Å². The van der Waals surface area contributed by atoms with E-state index in [2.05, 4.69) is 5.32 Å². The predicted molar refractivity (Wildman–Crippen MR) is 117 cm³/mol. The van der Waals surface area contributed by atoms with Gasteiger partial charge in [-0.1, -0.05) is 30.3 Å². The van der Waals surface area contributed by atoms with Gasteiger partial charge in [-0.3, -0.25) is 14.5 Å². The third kappa shape index (κ3) is 4.63. The largest absolute Gasteiger partial charge is 0.368 e. The average Bonchev–Trinajstić information content (AvgIpc) is 3.29. The Kier molecular flexibility index (Phi) is 6.08. The molecule has 2 heterocycles. The van der Waals surface area contributed by atoms with Crippen molar-refractivity contribution < 1.29 is 18.0 Å². The molecule has 9 heteroatoms. The number of hydrogen-bond donors (Lipinski definition) is 2. The Morgan fingerprint density at radius 1 is 1.03 bits per heavy atom. The molecule has 1 fully saturated rings. The van der Waals surface area contributed by atoms with Crippen LogP contribution in [-0.4, -0.2) is 55.1 Å². The molecule has 31 heavy (non-hydrogen) atoms. The second kappa shape index (κ2) is 8.78. The molecule has 8 nitrogen and oxygen atoms in total. The number of benzene rings is 2. The fourth-order valence-corrected chi connectivity index (χ4v) is 5.78. The van der Waals surface area contributed by atoms with Gasteiger partial charge < -0.3 is 11.1 Å². The van der Waals surface area contributed by atoms with E-state index in [0.29, 0.717) is 31.7 Å². The highest BCUT2D eigenvalue weighted by atomic mass is 32.2. The van der Waals surface area contributed by atoms with Gasteiger partial charge in [-0.05, 0) is 48.6 Å². The molecule has 0 radical (unpaired) electrons. The van der Waals surface area contributed by atoms with Crippen molar-refractivity contribution in [3.05, 3.63) is 59.7 Å². The van der Waals surface area contributed by atoms with Crippen LogP contribution in [0.3, 0.4) is 0 Å². The highest BCUT2D eigenvalue weighted by molar-refractivity contribution is 7.89. The Labute approximate surface area is 182 Å². The number of hydrogen-bond acceptors (Lipinski definition) is 5. The minimum Gasteiger partial charge on any atom is -0.368 e. The molecule has 164 valence electrons. The number of carbonyl (C=O) groups excluding carboxylic acids is 2. The summed E-state index contributed by atoms with van der Waals surface area (Å²) in [5, 5.41) is 2.76. The number of primary amides is 1. The quantitative estimate of drug-likeness (QED) is 0.701. The van der Waals surface area contributed by atoms with Crippen LogP contribution in [0.15, 0.2) is 53.4 Å². The molecule has 0 saturated carbocycles. The number of rotatable bonds is 6. The van der Waals surface area contributed by atoms with E-state index in [1.54, 1.807) is 17.0 Å². The minimum atomic E-state index is -3.57. The molecule has 1 saturated heterocycles. The molecule has 2 aromatic carbocycles. The molecule has 3 N–H and O–H groups in total. The third-order valence-electron chi connectivity index (χ3n) is 5.84. The number of fused-ring (bicyclic) bond motifs is 1. The summed E-state index contributed by atoms with van der Waals surface area (Å²) in [7, 11) is -3.57. The molecule has 2 aliphatic heterocycles. The van der Waals surface area contributed by atoms with Crippen LogP contribution in [0.1, 0.15) is 24.0 Å². The molecule has 4 rings (SSSR count). The molecule has 2 aromatic rings. The lowest BCUT2D eigenvalue weighted by Gasteiger charge is -2.34. The Hall–Kier alpha value is -2.75. The zero-order chi connectivity index (χ0) is 22.0. The molecular formula is C22H26N4O4S. The van der Waals surface area contributed by atoms with E-state index in [4.69, 9.17) is 5.73 Å². The smallest absolute Gasteiger partial charge is 0.243 e. The average molecular weight is 443 g/mol. The first-order valence-corrected chi connectivity index (χ1v) is 11.8. The highest BCUT2D eigenvalue weighted by Gasteiger charge is 2.31. The number of carbonyl (C=O) groups is 2. The van der Waals surface area contributed by atoms with Gasteiger partial charge in [0.25, 0.3) is 0 Å². The molecule has 2 amide bonds. The first-order valence-electron chi connectivity index (χ1n) is 10.3. The fraction of sp³-hybridized carbons (Fsp3) is 0.364. The zero-order valence-electron chi connectivity index (χ0n) is 17.2. The van der Waals surface area contributed by atoms with Crippen LogP contribution < -0.4 is 11.1 Å². The molecule has 0 spiro atoms. The number of nitrogens with one attached hydrogen (secondary N) is 1. The topological polar surface area (TPSA) is 113 Å². The lowest BCUT2D eigenvalue weighted by Crippen LogP contribution is -2.50. The molecule has 0 aromatic heterocycles. The van der Waals surface area contributed by atoms with Crippen LogP contribution >= 0.6 is 0 Å². The molecule has 0 bridgehead atoms. The second-order valence-corrected chi connectivity index (χ2v) is 9.92. The van der Waals surface area contributed by atoms with Crippen molar-refractivity contribution in [3.8, 4) is 0 Å². The maximum atomic E-state index is 12.8. The van der Waals surface area contributed by atoms with Crippen molar-refractivity contribution >= 4 is 27.5 Å². The SMILES string of the molecule is NC(=O)[C@@H]1Cc2ccccc2CN1CC(=O)Nc1cccc(S(=O)(=O)N2CCCC2)c1. The number of sulfonamides is 1. The van der Waals surface area contributed by atoms with Crippen LogP contribution in [0.2, 0.25) is 0 Å². The van der Waals surface area contributed by atoms with Crippen LogP contribution in [0.25, 0.3) is 0 Å². The zero-order valence-corrected chi connectivity index (χ0v) is 18.0. The van der Waals surface area contributed by atoms with Gasteiger partial charge in [-0.15, -0.1) is 0 Å². The van der Waals surface area contributed by atoms with Gasteiger partial charge in [-0.25, -0.2) is 8.42 Å². The van der Waals surface area contributed by atoms with Crippen molar-refractivity contribution in [3.63, 3.8) is 0 Å². The van der Waals surface area contributed by atoms with Crippen molar-refractivity contribution in [2.24, 2.45) is 5.73 Å². The number of nitrogens with zero attached hydrogens (tertiary/aromatic N) is 2. The van der Waals surface area contributed by atoms with Crippen LogP contribution in [0.4, 0.5) is 5.69 Å². The van der Waals surface area contributed by atoms with Gasteiger partial charge in [-0.2, -0.15) is 4.31 Å². The monoisotopic (exact) mass is 442 g/mol. The summed E-state index contributed by atoms with van der Waals surface area (Å²) in [5.41, 5.74) is 8.11. The maximum Gasteiger partial charge on any atom is 0.243 e. The number of anilines is 1. The van der Waals surface area contributed by atoms with E-state index < -0.39 is 22.0 Å². The standard InChI is InChI=1S/C22H26N4O4S/c23-22(28)20-12-16-6-1-2-7-17(16)14-25(20)15-21(27)24-18-8-5-9-19(13-18)31(29,30)26-10-3-4-11-26/h1-2,5-9,13,20H,3-4,10-12,14-15H2,(H2,23,28)(H,24,27)/t20-/m0/s1. The van der Waals surface area contributed by atoms with Gasteiger partial charge in [0, 0.05) is 25.3 Å². The normalized spacial score (nSPS) is 19.7. The first-order chi connectivity index (χ1) is 14.8. The number of amides is 2. The summed E-state index contributed by atoms with van der Waals surface area (Å²) < 4.78 is 27.0. The van der Waals surface area contributed by atoms with Gasteiger partial charge in [0.2, 0.25) is 21.8 Å². The third-order valence-corrected chi connectivity index (χ3v) is 7.74. The lowest BCUT2D eigenvalue weighted by atomic mass is 9.93. The van der Waals surface area contributed by atoms with Gasteiger partial charge in [0.05, 0.1) is 17.5 Å². The second-order valence-electron chi connectivity index (χ2n) is 7.98. The van der Waals surface area contributed by atoms with Gasteiger partial charge in [0.1, 0.15) is 0 Å². The summed E-state index contributed by atoms with van der Waals surface area (Å²) in [5.74, 6) is -0.803. The van der Waals surface area contributed by atoms with E-state index in [1.165, 1.54) is 16.4 Å². The number of nitrogens with two attached hydrogens (primary N) is 1. The Morgan fingerprint density at radius 3 is 2.45 bits per heavy atom. The minimum absolute atomic E-state index is 0.0228. The van der Waals surface area contributed by atoms with E-state index in [9.17, 15) is 18.0 Å². The lowest BCUT2D eigenvalue weighted by molar-refractivity contribution is -0.125. The first kappa shape index (κ1) is 21.5. The molecule has 1 atom stereocenters. The van der Waals surface area contributed by atoms with Crippen molar-refractivity contribution in [2.45, 2.75) is 36.7 Å². The van der Waals surface area contributed by atoms with Crippen molar-refractivity contribution in [1.82, 2.24) is 9.21 Å². The van der Waals surface area contributed by atoms with Gasteiger partial charge >= 0.3 is 0 Å². The summed E-state index contributed by atoms with van der Waals surface area (Å²) in [6.07, 6.45) is 2.17. The summed E-state index contributed by atoms with van der Waals surface area (Å²) in [4.78, 5) is 26.6. The Balaban J connectivity index is 1.47. The summed E-state index contributed by atoms with van der Waals surface area (Å²) in [6, 6.07) is 13.5. The van der Waals surface area contributed by atoms with E-state index in [-0.39, 0.29) is 17.3 Å². The van der Waals surface area contributed by atoms with Crippen molar-refractivity contribution in [1.29, 1.82) is 0 Å². The molecule has 0 unspecified atom stereocenters.